The first-order valence-corrected chi connectivity index (χ1v) is 7.56. The molecule has 0 radical (unpaired) electrons. The smallest absolute Gasteiger partial charge is 0.193 e. The van der Waals surface area contributed by atoms with E-state index in [-0.39, 0.29) is 5.96 Å². The van der Waals surface area contributed by atoms with Gasteiger partial charge >= 0.3 is 0 Å². The van der Waals surface area contributed by atoms with Crippen LogP contribution in [0.2, 0.25) is 0 Å². The number of hydrogen-bond acceptors (Lipinski definition) is 1. The van der Waals surface area contributed by atoms with Gasteiger partial charge in [-0.05, 0) is 41.7 Å². The Balaban J connectivity index is 1.94. The van der Waals surface area contributed by atoms with Crippen LogP contribution in [0.1, 0.15) is 30.9 Å². The van der Waals surface area contributed by atoms with Gasteiger partial charge < -0.3 is 11.1 Å². The lowest BCUT2D eigenvalue weighted by Gasteiger charge is -2.10. The summed E-state index contributed by atoms with van der Waals surface area (Å²) in [6.45, 7) is 4.56. The van der Waals surface area contributed by atoms with Gasteiger partial charge in [0.1, 0.15) is 11.6 Å². The van der Waals surface area contributed by atoms with Gasteiger partial charge in [0.15, 0.2) is 5.96 Å². The highest BCUT2D eigenvalue weighted by Gasteiger charge is 2.04. The van der Waals surface area contributed by atoms with Crippen molar-refractivity contribution in [3.63, 3.8) is 0 Å². The number of aliphatic imine (C=N–C) groups is 1. The number of halogens is 2. The Hall–Kier alpha value is -2.43. The van der Waals surface area contributed by atoms with Gasteiger partial charge in [0, 0.05) is 18.3 Å². The van der Waals surface area contributed by atoms with Crippen LogP contribution in [-0.4, -0.2) is 12.5 Å². The van der Waals surface area contributed by atoms with Crippen LogP contribution in [0, 0.1) is 11.6 Å². The van der Waals surface area contributed by atoms with Crippen molar-refractivity contribution in [3.8, 4) is 0 Å². The second-order valence-electron chi connectivity index (χ2n) is 5.66. The monoisotopic (exact) mass is 317 g/mol. The number of nitrogens with zero attached hydrogens (tertiary/aromatic N) is 1. The second-order valence-corrected chi connectivity index (χ2v) is 5.66. The highest BCUT2D eigenvalue weighted by atomic mass is 19.1. The van der Waals surface area contributed by atoms with Crippen LogP contribution in [0.5, 0.6) is 0 Å². The highest BCUT2D eigenvalue weighted by Crippen LogP contribution is 2.18. The van der Waals surface area contributed by atoms with Crippen LogP contribution in [0.4, 0.5) is 14.5 Å². The Morgan fingerprint density at radius 1 is 1.17 bits per heavy atom. The van der Waals surface area contributed by atoms with Crippen molar-refractivity contribution in [2.45, 2.75) is 26.2 Å². The Morgan fingerprint density at radius 2 is 1.96 bits per heavy atom. The predicted octanol–water partition coefficient (Wildman–Crippen LogP) is 4.06. The predicted molar refractivity (Wildman–Crippen MR) is 90.7 cm³/mol. The maximum Gasteiger partial charge on any atom is 0.193 e. The van der Waals surface area contributed by atoms with Crippen LogP contribution < -0.4 is 11.1 Å². The molecule has 3 nitrogen and oxygen atoms in total. The number of anilines is 1. The van der Waals surface area contributed by atoms with E-state index in [1.807, 2.05) is 18.2 Å². The first kappa shape index (κ1) is 16.9. The maximum absolute atomic E-state index is 13.5. The molecule has 0 bridgehead atoms. The third-order valence-corrected chi connectivity index (χ3v) is 3.50. The largest absolute Gasteiger partial charge is 0.370 e. The normalized spacial score (nSPS) is 11.8. The standard InChI is InChI=1S/C18H21F2N3/c1-12(2)14-4-3-5-16(10-14)23-18(21)22-9-8-13-6-7-15(19)11-17(13)20/h3-7,10-12H,8-9H2,1-2H3,(H3,21,22,23). The molecule has 0 aliphatic heterocycles. The number of benzene rings is 2. The molecule has 2 aromatic rings. The summed E-state index contributed by atoms with van der Waals surface area (Å²) in [6.07, 6.45) is 0.362. The minimum absolute atomic E-state index is 0.272. The molecule has 0 fully saturated rings. The van der Waals surface area contributed by atoms with Gasteiger partial charge in [0.05, 0.1) is 0 Å². The molecule has 2 rings (SSSR count). The Labute approximate surface area is 135 Å². The van der Waals surface area contributed by atoms with Crippen molar-refractivity contribution in [1.82, 2.24) is 0 Å². The van der Waals surface area contributed by atoms with Gasteiger partial charge in [0.2, 0.25) is 0 Å². The number of nitrogens with two attached hydrogens (primary N) is 1. The molecule has 23 heavy (non-hydrogen) atoms. The molecule has 0 heterocycles. The molecule has 5 heteroatoms. The van der Waals surface area contributed by atoms with E-state index in [2.05, 4.69) is 30.2 Å². The molecule has 0 aromatic heterocycles. The molecule has 0 aliphatic rings. The van der Waals surface area contributed by atoms with Crippen LogP contribution in [0.25, 0.3) is 0 Å². The van der Waals surface area contributed by atoms with E-state index in [4.69, 9.17) is 5.73 Å². The SMILES string of the molecule is CC(C)c1cccc(NC(N)=NCCc2ccc(F)cc2F)c1. The van der Waals surface area contributed by atoms with Gasteiger partial charge in [-0.2, -0.15) is 0 Å². The summed E-state index contributed by atoms with van der Waals surface area (Å²) in [5.74, 6) is -0.442. The number of rotatable bonds is 5. The molecule has 0 saturated carbocycles. The van der Waals surface area contributed by atoms with Crippen LogP contribution >= 0.6 is 0 Å². The Bertz CT molecular complexity index is 696. The van der Waals surface area contributed by atoms with Crippen molar-refractivity contribution < 1.29 is 8.78 Å². The fourth-order valence-corrected chi connectivity index (χ4v) is 2.18. The van der Waals surface area contributed by atoms with Gasteiger partial charge in [-0.25, -0.2) is 8.78 Å². The first-order valence-electron chi connectivity index (χ1n) is 7.56. The zero-order valence-electron chi connectivity index (χ0n) is 13.3. The minimum Gasteiger partial charge on any atom is -0.370 e. The summed E-state index contributed by atoms with van der Waals surface area (Å²) in [5.41, 5.74) is 8.34. The molecule has 122 valence electrons. The summed E-state index contributed by atoms with van der Waals surface area (Å²) in [5, 5.41) is 3.02. The lowest BCUT2D eigenvalue weighted by Crippen LogP contribution is -2.23. The Kier molecular flexibility index (Phi) is 5.68. The van der Waals surface area contributed by atoms with Crippen molar-refractivity contribution >= 4 is 11.6 Å². The molecule has 2 aromatic carbocycles. The fourth-order valence-electron chi connectivity index (χ4n) is 2.18. The third-order valence-electron chi connectivity index (χ3n) is 3.50. The molecule has 0 spiro atoms. The van der Waals surface area contributed by atoms with Crippen LogP contribution in [-0.2, 0) is 6.42 Å². The zero-order valence-corrected chi connectivity index (χ0v) is 13.3. The summed E-state index contributed by atoms with van der Waals surface area (Å²) < 4.78 is 26.3. The lowest BCUT2D eigenvalue weighted by atomic mass is 10.0. The number of hydrogen-bond donors (Lipinski definition) is 2. The third kappa shape index (κ3) is 5.06. The average Bonchev–Trinajstić information content (AvgIpc) is 2.49. The molecule has 0 aliphatic carbocycles. The van der Waals surface area contributed by atoms with Crippen LogP contribution in [0.15, 0.2) is 47.5 Å². The molecule has 3 N–H and O–H groups in total. The summed E-state index contributed by atoms with van der Waals surface area (Å²) in [7, 11) is 0. The van der Waals surface area contributed by atoms with Gasteiger partial charge in [-0.1, -0.05) is 32.0 Å². The molecular weight excluding hydrogens is 296 g/mol. The quantitative estimate of drug-likeness (QED) is 0.645. The van der Waals surface area contributed by atoms with Gasteiger partial charge in [-0.15, -0.1) is 0 Å². The molecule has 0 unspecified atom stereocenters. The van der Waals surface area contributed by atoms with Crippen molar-refractivity contribution in [1.29, 1.82) is 0 Å². The van der Waals surface area contributed by atoms with E-state index in [0.717, 1.165) is 11.8 Å². The zero-order chi connectivity index (χ0) is 16.8. The minimum atomic E-state index is -0.582. The first-order chi connectivity index (χ1) is 11.0. The van der Waals surface area contributed by atoms with Gasteiger partial charge in [0.25, 0.3) is 0 Å². The van der Waals surface area contributed by atoms with Crippen molar-refractivity contribution in [3.05, 3.63) is 65.2 Å². The molecule has 0 amide bonds. The van der Waals surface area contributed by atoms with E-state index >= 15 is 0 Å². The average molecular weight is 317 g/mol. The molecule has 0 saturated heterocycles. The van der Waals surface area contributed by atoms with Crippen molar-refractivity contribution in [2.24, 2.45) is 10.7 Å². The van der Waals surface area contributed by atoms with E-state index < -0.39 is 11.6 Å². The van der Waals surface area contributed by atoms with Gasteiger partial charge in [-0.3, -0.25) is 4.99 Å². The second kappa shape index (κ2) is 7.72. The number of guanidine groups is 1. The highest BCUT2D eigenvalue weighted by molar-refractivity contribution is 5.92. The lowest BCUT2D eigenvalue weighted by molar-refractivity contribution is 0.572. The topological polar surface area (TPSA) is 50.4 Å². The van der Waals surface area contributed by atoms with E-state index in [1.54, 1.807) is 0 Å². The Morgan fingerprint density at radius 3 is 2.65 bits per heavy atom. The summed E-state index contributed by atoms with van der Waals surface area (Å²) in [6, 6.07) is 11.5. The van der Waals surface area contributed by atoms with Crippen LogP contribution in [0.3, 0.4) is 0 Å². The van der Waals surface area contributed by atoms with E-state index in [9.17, 15) is 8.78 Å². The molecular formula is C18H21F2N3. The fraction of sp³-hybridized carbons (Fsp3) is 0.278. The van der Waals surface area contributed by atoms with E-state index in [1.165, 1.54) is 17.7 Å². The molecule has 0 atom stereocenters. The summed E-state index contributed by atoms with van der Waals surface area (Å²) >= 11 is 0. The van der Waals surface area contributed by atoms with Crippen molar-refractivity contribution in [2.75, 3.05) is 11.9 Å². The van der Waals surface area contributed by atoms with E-state index in [0.29, 0.717) is 24.4 Å². The maximum atomic E-state index is 13.5. The number of nitrogens with one attached hydrogen (secondary N) is 1. The summed E-state index contributed by atoms with van der Waals surface area (Å²) in [4.78, 5) is 4.18.